The van der Waals surface area contributed by atoms with Crippen molar-refractivity contribution in [2.24, 2.45) is 0 Å². The Morgan fingerprint density at radius 3 is 2.68 bits per heavy atom. The molecule has 0 spiro atoms. The summed E-state index contributed by atoms with van der Waals surface area (Å²) in [4.78, 5) is 16.4. The molecule has 2 rings (SSSR count). The number of rotatable bonds is 5. The van der Waals surface area contributed by atoms with Gasteiger partial charge in [0.15, 0.2) is 0 Å². The number of thiazole rings is 1. The normalized spacial score (nSPS) is 12.1. The third-order valence-electron chi connectivity index (χ3n) is 2.83. The summed E-state index contributed by atoms with van der Waals surface area (Å²) >= 11 is 4.96. The van der Waals surface area contributed by atoms with Gasteiger partial charge in [-0.25, -0.2) is 4.98 Å². The van der Waals surface area contributed by atoms with E-state index in [0.29, 0.717) is 5.56 Å². The number of nitrogens with zero attached hydrogens (tertiary/aromatic N) is 1. The van der Waals surface area contributed by atoms with E-state index >= 15 is 0 Å². The molecule has 1 atom stereocenters. The highest BCUT2D eigenvalue weighted by atomic mass is 79.9. The lowest BCUT2D eigenvalue weighted by atomic mass is 10.1. The smallest absolute Gasteiger partial charge is 0.251 e. The number of carbonyl (C=O) groups excluding carboxylic acids is 1. The summed E-state index contributed by atoms with van der Waals surface area (Å²) in [7, 11) is 0. The molecule has 0 saturated carbocycles. The highest BCUT2D eigenvalue weighted by molar-refractivity contribution is 9.08. The fourth-order valence-corrected chi connectivity index (χ4v) is 2.88. The molecule has 1 aromatic heterocycles. The van der Waals surface area contributed by atoms with Crippen LogP contribution in [0.2, 0.25) is 0 Å². The number of hydrogen-bond acceptors (Lipinski definition) is 3. The molecule has 0 radical (unpaired) electrons. The van der Waals surface area contributed by atoms with Crippen molar-refractivity contribution in [1.82, 2.24) is 10.3 Å². The van der Waals surface area contributed by atoms with E-state index in [1.807, 2.05) is 36.6 Å². The van der Waals surface area contributed by atoms with Crippen molar-refractivity contribution < 1.29 is 4.79 Å². The maximum atomic E-state index is 12.2. The highest BCUT2D eigenvalue weighted by Gasteiger charge is 2.15. The Bertz CT molecular complexity index is 525. The van der Waals surface area contributed by atoms with Gasteiger partial charge in [0.2, 0.25) is 0 Å². The van der Waals surface area contributed by atoms with Crippen molar-refractivity contribution in [3.05, 3.63) is 52.0 Å². The molecule has 0 bridgehead atoms. The SMILES string of the molecule is CCC(NC(=O)c1ccc(CBr)cc1)c1nccs1. The first-order chi connectivity index (χ1) is 9.24. The van der Waals surface area contributed by atoms with Gasteiger partial charge in [0.1, 0.15) is 5.01 Å². The van der Waals surface area contributed by atoms with Crippen molar-refractivity contribution in [3.63, 3.8) is 0 Å². The predicted octanol–water partition coefficient (Wildman–Crippen LogP) is 3.92. The number of halogens is 1. The van der Waals surface area contributed by atoms with Gasteiger partial charge in [-0.2, -0.15) is 0 Å². The second-order valence-corrected chi connectivity index (χ2v) is 5.62. The van der Waals surface area contributed by atoms with E-state index in [-0.39, 0.29) is 11.9 Å². The van der Waals surface area contributed by atoms with Crippen LogP contribution in [-0.4, -0.2) is 10.9 Å². The molecule has 3 nitrogen and oxygen atoms in total. The third-order valence-corrected chi connectivity index (χ3v) is 4.37. The first kappa shape index (κ1) is 14.2. The molecule has 0 aliphatic rings. The summed E-state index contributed by atoms with van der Waals surface area (Å²) in [6.45, 7) is 2.04. The van der Waals surface area contributed by atoms with E-state index in [4.69, 9.17) is 0 Å². The molecule has 1 amide bonds. The molecule has 100 valence electrons. The minimum Gasteiger partial charge on any atom is -0.343 e. The van der Waals surface area contributed by atoms with Crippen molar-refractivity contribution in [2.75, 3.05) is 0 Å². The second-order valence-electron chi connectivity index (χ2n) is 4.14. The summed E-state index contributed by atoms with van der Waals surface area (Å²) in [5.41, 5.74) is 1.84. The summed E-state index contributed by atoms with van der Waals surface area (Å²) in [6, 6.07) is 7.59. The van der Waals surface area contributed by atoms with E-state index in [1.165, 1.54) is 0 Å². The van der Waals surface area contributed by atoms with Crippen LogP contribution in [-0.2, 0) is 5.33 Å². The molecule has 1 heterocycles. The Hall–Kier alpha value is -1.20. The van der Waals surface area contributed by atoms with Crippen LogP contribution in [0.5, 0.6) is 0 Å². The van der Waals surface area contributed by atoms with Crippen LogP contribution in [0.4, 0.5) is 0 Å². The van der Waals surface area contributed by atoms with Crippen molar-refractivity contribution in [1.29, 1.82) is 0 Å². The summed E-state index contributed by atoms with van der Waals surface area (Å²) < 4.78 is 0. The van der Waals surface area contributed by atoms with Gasteiger partial charge >= 0.3 is 0 Å². The lowest BCUT2D eigenvalue weighted by molar-refractivity contribution is 0.0935. The van der Waals surface area contributed by atoms with Crippen LogP contribution < -0.4 is 5.32 Å². The Labute approximate surface area is 125 Å². The van der Waals surface area contributed by atoms with Gasteiger partial charge < -0.3 is 5.32 Å². The molecule has 0 saturated heterocycles. The number of hydrogen-bond donors (Lipinski definition) is 1. The van der Waals surface area contributed by atoms with Crippen molar-refractivity contribution >= 4 is 33.2 Å². The van der Waals surface area contributed by atoms with Crippen LogP contribution >= 0.6 is 27.3 Å². The van der Waals surface area contributed by atoms with E-state index < -0.39 is 0 Å². The fourth-order valence-electron chi connectivity index (χ4n) is 1.73. The van der Waals surface area contributed by atoms with Crippen LogP contribution in [0.15, 0.2) is 35.8 Å². The minimum atomic E-state index is -0.0526. The van der Waals surface area contributed by atoms with Crippen LogP contribution in [0, 0.1) is 0 Å². The maximum Gasteiger partial charge on any atom is 0.251 e. The van der Waals surface area contributed by atoms with E-state index in [2.05, 4.69) is 26.2 Å². The van der Waals surface area contributed by atoms with Gasteiger partial charge in [-0.1, -0.05) is 35.0 Å². The number of carbonyl (C=O) groups is 1. The standard InChI is InChI=1S/C14H15BrN2OS/c1-2-12(14-16-7-8-19-14)17-13(18)11-5-3-10(9-15)4-6-11/h3-8,12H,2,9H2,1H3,(H,17,18). The number of nitrogens with one attached hydrogen (secondary N) is 1. The minimum absolute atomic E-state index is 0.0108. The fraction of sp³-hybridized carbons (Fsp3) is 0.286. The van der Waals surface area contributed by atoms with Gasteiger partial charge in [0, 0.05) is 22.5 Å². The van der Waals surface area contributed by atoms with Crippen molar-refractivity contribution in [3.8, 4) is 0 Å². The molecule has 2 aromatic rings. The quantitative estimate of drug-likeness (QED) is 0.839. The Morgan fingerprint density at radius 1 is 1.42 bits per heavy atom. The number of amides is 1. The third kappa shape index (κ3) is 3.64. The number of alkyl halides is 1. The maximum absolute atomic E-state index is 12.2. The molecule has 1 aromatic carbocycles. The number of benzene rings is 1. The van der Waals surface area contributed by atoms with Crippen LogP contribution in [0.3, 0.4) is 0 Å². The van der Waals surface area contributed by atoms with E-state index in [9.17, 15) is 4.79 Å². The Morgan fingerprint density at radius 2 is 2.16 bits per heavy atom. The van der Waals surface area contributed by atoms with Crippen LogP contribution in [0.1, 0.15) is 40.3 Å². The zero-order chi connectivity index (χ0) is 13.7. The monoisotopic (exact) mass is 338 g/mol. The first-order valence-electron chi connectivity index (χ1n) is 6.09. The largest absolute Gasteiger partial charge is 0.343 e. The van der Waals surface area contributed by atoms with Crippen molar-refractivity contribution in [2.45, 2.75) is 24.7 Å². The van der Waals surface area contributed by atoms with Gasteiger partial charge in [-0.3, -0.25) is 4.79 Å². The summed E-state index contributed by atoms with van der Waals surface area (Å²) in [5.74, 6) is -0.0526. The molecule has 19 heavy (non-hydrogen) atoms. The summed E-state index contributed by atoms with van der Waals surface area (Å²) in [5, 5.41) is 6.69. The molecule has 1 unspecified atom stereocenters. The van der Waals surface area contributed by atoms with Gasteiger partial charge in [-0.15, -0.1) is 11.3 Å². The average molecular weight is 339 g/mol. The zero-order valence-electron chi connectivity index (χ0n) is 10.6. The Kier molecular flexibility index (Phi) is 5.10. The van der Waals surface area contributed by atoms with Gasteiger partial charge in [0.05, 0.1) is 6.04 Å². The number of aromatic nitrogens is 1. The Balaban J connectivity index is 2.06. The molecular formula is C14H15BrN2OS. The molecular weight excluding hydrogens is 324 g/mol. The molecule has 1 N–H and O–H groups in total. The summed E-state index contributed by atoms with van der Waals surface area (Å²) in [6.07, 6.45) is 2.60. The zero-order valence-corrected chi connectivity index (χ0v) is 13.0. The van der Waals surface area contributed by atoms with Crippen LogP contribution in [0.25, 0.3) is 0 Å². The first-order valence-corrected chi connectivity index (χ1v) is 8.10. The molecule has 5 heteroatoms. The lowest BCUT2D eigenvalue weighted by Gasteiger charge is -2.14. The average Bonchev–Trinajstić information content (AvgIpc) is 2.98. The van der Waals surface area contributed by atoms with Gasteiger partial charge in [-0.05, 0) is 24.1 Å². The van der Waals surface area contributed by atoms with Gasteiger partial charge in [0.25, 0.3) is 5.91 Å². The lowest BCUT2D eigenvalue weighted by Crippen LogP contribution is -2.28. The molecule has 0 aliphatic heterocycles. The highest BCUT2D eigenvalue weighted by Crippen LogP contribution is 2.19. The molecule has 0 fully saturated rings. The van der Waals surface area contributed by atoms with E-state index in [1.54, 1.807) is 17.5 Å². The second kappa shape index (κ2) is 6.82. The molecule has 0 aliphatic carbocycles. The topological polar surface area (TPSA) is 42.0 Å². The predicted molar refractivity (Wildman–Crippen MR) is 81.7 cm³/mol. The van der Waals surface area contributed by atoms with E-state index in [0.717, 1.165) is 22.3 Å².